The van der Waals surface area contributed by atoms with Crippen molar-refractivity contribution < 1.29 is 19.4 Å². The van der Waals surface area contributed by atoms with Crippen LogP contribution in [0.3, 0.4) is 0 Å². The number of quaternary nitrogens is 1. The minimum absolute atomic E-state index is 0.158. The van der Waals surface area contributed by atoms with Crippen LogP contribution in [0.15, 0.2) is 18.2 Å². The second-order valence-corrected chi connectivity index (χ2v) is 5.82. The molecule has 0 bridgehead atoms. The van der Waals surface area contributed by atoms with Gasteiger partial charge in [-0.3, -0.25) is 14.9 Å². The van der Waals surface area contributed by atoms with Crippen molar-refractivity contribution in [2.45, 2.75) is 19.8 Å². The van der Waals surface area contributed by atoms with Crippen molar-refractivity contribution in [1.82, 2.24) is 0 Å². The van der Waals surface area contributed by atoms with Gasteiger partial charge in [-0.1, -0.05) is 6.92 Å². The zero-order chi connectivity index (χ0) is 16.1. The van der Waals surface area contributed by atoms with E-state index in [-0.39, 0.29) is 17.3 Å². The van der Waals surface area contributed by atoms with E-state index in [1.807, 2.05) is 0 Å². The molecule has 1 unspecified atom stereocenters. The lowest BCUT2D eigenvalue weighted by molar-refractivity contribution is -0.900. The third-order valence-electron chi connectivity index (χ3n) is 3.95. The molecule has 2 rings (SSSR count). The number of carbonyl (C=O) groups is 1. The number of nitro groups is 1. The highest BCUT2D eigenvalue weighted by atomic mass is 16.6. The van der Waals surface area contributed by atoms with Gasteiger partial charge in [0.05, 0.1) is 31.2 Å². The molecular weight excluding hydrogens is 286 g/mol. The molecule has 7 nitrogen and oxygen atoms in total. The summed E-state index contributed by atoms with van der Waals surface area (Å²) in [6.07, 6.45) is 2.32. The first kappa shape index (κ1) is 16.2. The van der Waals surface area contributed by atoms with Crippen LogP contribution >= 0.6 is 0 Å². The summed E-state index contributed by atoms with van der Waals surface area (Å²) in [5, 5.41) is 13.7. The molecule has 22 heavy (non-hydrogen) atoms. The Bertz CT molecular complexity index is 562. The summed E-state index contributed by atoms with van der Waals surface area (Å²) in [6.45, 7) is 4.47. The van der Waals surface area contributed by atoms with Crippen LogP contribution in [0.2, 0.25) is 0 Å². The van der Waals surface area contributed by atoms with Gasteiger partial charge >= 0.3 is 0 Å². The quantitative estimate of drug-likeness (QED) is 0.624. The van der Waals surface area contributed by atoms with Crippen LogP contribution in [-0.2, 0) is 4.79 Å². The zero-order valence-corrected chi connectivity index (χ0v) is 12.9. The molecule has 1 fully saturated rings. The summed E-state index contributed by atoms with van der Waals surface area (Å²) in [7, 11) is 1.44. The largest absolute Gasteiger partial charge is 0.496 e. The zero-order valence-electron chi connectivity index (χ0n) is 12.9. The van der Waals surface area contributed by atoms with Gasteiger partial charge < -0.3 is 15.0 Å². The van der Waals surface area contributed by atoms with Crippen molar-refractivity contribution in [2.75, 3.05) is 32.1 Å². The molecule has 1 aromatic rings. The van der Waals surface area contributed by atoms with E-state index in [4.69, 9.17) is 4.74 Å². The molecule has 1 aliphatic heterocycles. The standard InChI is InChI=1S/C15H21N3O4/c1-11-4-3-7-17(9-11)10-15(19)16-13-6-5-12(22-2)8-14(13)18(20)21/h5-6,8,11H,3-4,7,9-10H2,1-2H3,(H,16,19)/p+1/t11-/m0/s1. The molecule has 2 atom stereocenters. The van der Waals surface area contributed by atoms with Gasteiger partial charge in [0, 0.05) is 5.92 Å². The lowest BCUT2D eigenvalue weighted by Crippen LogP contribution is -3.14. The van der Waals surface area contributed by atoms with Crippen molar-refractivity contribution >= 4 is 17.3 Å². The van der Waals surface area contributed by atoms with Crippen molar-refractivity contribution in [1.29, 1.82) is 0 Å². The van der Waals surface area contributed by atoms with E-state index in [0.29, 0.717) is 18.2 Å². The minimum Gasteiger partial charge on any atom is -0.496 e. The number of benzene rings is 1. The Balaban J connectivity index is 2.03. The molecule has 1 heterocycles. The Morgan fingerprint density at radius 2 is 2.32 bits per heavy atom. The molecular formula is C15H22N3O4+. The molecule has 0 aromatic heterocycles. The number of carbonyl (C=O) groups excluding carboxylic acids is 1. The van der Waals surface area contributed by atoms with E-state index >= 15 is 0 Å². The molecule has 1 aromatic carbocycles. The number of piperidine rings is 1. The van der Waals surface area contributed by atoms with E-state index in [2.05, 4.69) is 12.2 Å². The van der Waals surface area contributed by atoms with Gasteiger partial charge in [0.2, 0.25) is 0 Å². The lowest BCUT2D eigenvalue weighted by atomic mass is 10.0. The fourth-order valence-corrected chi connectivity index (χ4v) is 2.87. The number of likely N-dealkylation sites (tertiary alicyclic amines) is 1. The number of amides is 1. The van der Waals surface area contributed by atoms with Gasteiger partial charge in [-0.2, -0.15) is 0 Å². The predicted molar refractivity (Wildman–Crippen MR) is 82.2 cm³/mol. The fraction of sp³-hybridized carbons (Fsp3) is 0.533. The number of anilines is 1. The van der Waals surface area contributed by atoms with Crippen LogP contribution in [0.1, 0.15) is 19.8 Å². The first-order chi connectivity index (χ1) is 10.5. The van der Waals surface area contributed by atoms with E-state index in [1.165, 1.54) is 30.6 Å². The first-order valence-electron chi connectivity index (χ1n) is 7.45. The molecule has 0 aliphatic carbocycles. The summed E-state index contributed by atoms with van der Waals surface area (Å²) in [6, 6.07) is 4.41. The molecule has 1 aliphatic rings. The highest BCUT2D eigenvalue weighted by molar-refractivity contribution is 5.93. The number of nitrogens with one attached hydrogen (secondary N) is 2. The third kappa shape index (κ3) is 4.17. The predicted octanol–water partition coefficient (Wildman–Crippen LogP) is 0.857. The fourth-order valence-electron chi connectivity index (χ4n) is 2.87. The summed E-state index contributed by atoms with van der Waals surface area (Å²) in [5.41, 5.74) is 0.0509. The van der Waals surface area contributed by atoms with E-state index in [9.17, 15) is 14.9 Å². The second kappa shape index (κ2) is 7.22. The average Bonchev–Trinajstić information content (AvgIpc) is 2.47. The highest BCUT2D eigenvalue weighted by Crippen LogP contribution is 2.28. The monoisotopic (exact) mass is 308 g/mol. The Labute approximate surface area is 129 Å². The van der Waals surface area contributed by atoms with Crippen LogP contribution < -0.4 is 15.0 Å². The first-order valence-corrected chi connectivity index (χ1v) is 7.45. The number of nitro benzene ring substituents is 1. The third-order valence-corrected chi connectivity index (χ3v) is 3.95. The van der Waals surface area contributed by atoms with Crippen molar-refractivity contribution in [3.63, 3.8) is 0 Å². The molecule has 1 saturated heterocycles. The maximum Gasteiger partial charge on any atom is 0.296 e. The lowest BCUT2D eigenvalue weighted by Gasteiger charge is -2.27. The van der Waals surface area contributed by atoms with Crippen molar-refractivity contribution in [2.24, 2.45) is 5.92 Å². The second-order valence-electron chi connectivity index (χ2n) is 5.82. The number of rotatable bonds is 5. The van der Waals surface area contributed by atoms with Gasteiger partial charge in [0.25, 0.3) is 11.6 Å². The SMILES string of the molecule is COc1ccc(NC(=O)C[NH+]2CCC[C@H](C)C2)c([N+](=O)[O-])c1. The van der Waals surface area contributed by atoms with Crippen LogP contribution in [0, 0.1) is 16.0 Å². The number of nitrogens with zero attached hydrogens (tertiary/aromatic N) is 1. The average molecular weight is 308 g/mol. The Morgan fingerprint density at radius 3 is 2.95 bits per heavy atom. The van der Waals surface area contributed by atoms with Crippen LogP contribution in [-0.4, -0.2) is 37.6 Å². The normalized spacial score (nSPS) is 21.2. The van der Waals surface area contributed by atoms with Crippen molar-refractivity contribution in [3.8, 4) is 5.75 Å². The Hall–Kier alpha value is -2.15. The summed E-state index contributed by atoms with van der Waals surface area (Å²) >= 11 is 0. The number of hydrogen-bond donors (Lipinski definition) is 2. The minimum atomic E-state index is -0.520. The molecule has 0 radical (unpaired) electrons. The summed E-state index contributed by atoms with van der Waals surface area (Å²) in [5.74, 6) is 0.810. The van der Waals surface area contributed by atoms with E-state index in [0.717, 1.165) is 19.5 Å². The van der Waals surface area contributed by atoms with Gasteiger partial charge in [-0.05, 0) is 25.0 Å². The molecule has 2 N–H and O–H groups in total. The summed E-state index contributed by atoms with van der Waals surface area (Å²) in [4.78, 5) is 23.9. The Kier molecular flexibility index (Phi) is 5.32. The molecule has 7 heteroatoms. The van der Waals surface area contributed by atoms with Crippen LogP contribution in [0.5, 0.6) is 5.75 Å². The van der Waals surface area contributed by atoms with Gasteiger partial charge in [-0.25, -0.2) is 0 Å². The molecule has 0 saturated carbocycles. The maximum atomic E-state index is 12.1. The maximum absolute atomic E-state index is 12.1. The van der Waals surface area contributed by atoms with Gasteiger partial charge in [-0.15, -0.1) is 0 Å². The molecule has 120 valence electrons. The summed E-state index contributed by atoms with van der Waals surface area (Å²) < 4.78 is 4.98. The van der Waals surface area contributed by atoms with E-state index < -0.39 is 4.92 Å². The van der Waals surface area contributed by atoms with Gasteiger partial charge in [0.15, 0.2) is 6.54 Å². The molecule has 0 spiro atoms. The van der Waals surface area contributed by atoms with Gasteiger partial charge in [0.1, 0.15) is 11.4 Å². The van der Waals surface area contributed by atoms with Crippen LogP contribution in [0.25, 0.3) is 0 Å². The van der Waals surface area contributed by atoms with Crippen LogP contribution in [0.4, 0.5) is 11.4 Å². The van der Waals surface area contributed by atoms with E-state index in [1.54, 1.807) is 6.07 Å². The number of methoxy groups -OCH3 is 1. The number of hydrogen-bond acceptors (Lipinski definition) is 4. The Morgan fingerprint density at radius 1 is 1.55 bits per heavy atom. The molecule has 1 amide bonds. The highest BCUT2D eigenvalue weighted by Gasteiger charge is 2.23. The van der Waals surface area contributed by atoms with Crippen molar-refractivity contribution in [3.05, 3.63) is 28.3 Å². The topological polar surface area (TPSA) is 85.9 Å². The smallest absolute Gasteiger partial charge is 0.296 e. The number of ether oxygens (including phenoxy) is 1.